The molecular weight excluding hydrogens is 501 g/mol. The van der Waals surface area contributed by atoms with Crippen LogP contribution in [0.4, 0.5) is 19.0 Å². The fourth-order valence-electron chi connectivity index (χ4n) is 3.84. The summed E-state index contributed by atoms with van der Waals surface area (Å²) in [6.07, 6.45) is -4.58. The number of para-hydroxylation sites is 1. The number of carbonyl (C=O) groups is 2. The second kappa shape index (κ2) is 10.4. The summed E-state index contributed by atoms with van der Waals surface area (Å²) >= 11 is 0. The Hall–Kier alpha value is -4.67. The third kappa shape index (κ3) is 5.08. The molecule has 4 rings (SSSR count). The van der Waals surface area contributed by atoms with Gasteiger partial charge in [-0.15, -0.1) is 0 Å². The minimum Gasteiger partial charge on any atom is -0.465 e. The highest BCUT2D eigenvalue weighted by Gasteiger charge is 2.33. The summed E-state index contributed by atoms with van der Waals surface area (Å²) in [6, 6.07) is 16.9. The van der Waals surface area contributed by atoms with E-state index in [9.17, 15) is 22.8 Å². The molecule has 2 heterocycles. The van der Waals surface area contributed by atoms with Crippen LogP contribution in [0.15, 0.2) is 66.7 Å². The van der Waals surface area contributed by atoms with Crippen LogP contribution in [-0.4, -0.2) is 55.0 Å². The van der Waals surface area contributed by atoms with Crippen LogP contribution in [0, 0.1) is 0 Å². The average molecular weight is 524 g/mol. The van der Waals surface area contributed by atoms with Gasteiger partial charge in [0, 0.05) is 25.2 Å². The molecule has 0 amide bonds. The molecule has 4 aromatic rings. The van der Waals surface area contributed by atoms with Crippen LogP contribution in [0.25, 0.3) is 28.2 Å². The number of halogens is 3. The lowest BCUT2D eigenvalue weighted by Gasteiger charge is -2.16. The second-order valence-corrected chi connectivity index (χ2v) is 8.37. The summed E-state index contributed by atoms with van der Waals surface area (Å²) in [7, 11) is 5.53. The van der Waals surface area contributed by atoms with Gasteiger partial charge < -0.3 is 14.4 Å². The molecule has 0 fully saturated rings. The molecular formula is C27H23F3N4O4. The minimum atomic E-state index is -4.58. The van der Waals surface area contributed by atoms with Gasteiger partial charge in [0.25, 0.3) is 0 Å². The van der Waals surface area contributed by atoms with Gasteiger partial charge in [-0.1, -0.05) is 36.4 Å². The molecule has 0 radical (unpaired) electrons. The zero-order chi connectivity index (χ0) is 27.6. The molecule has 0 unspecified atom stereocenters. The summed E-state index contributed by atoms with van der Waals surface area (Å²) in [4.78, 5) is 31.5. The molecule has 8 nitrogen and oxygen atoms in total. The molecule has 2 aromatic carbocycles. The minimum absolute atomic E-state index is 0.0701. The fraction of sp³-hybridized carbons (Fsp3) is 0.185. The van der Waals surface area contributed by atoms with Gasteiger partial charge in [0.2, 0.25) is 0 Å². The Morgan fingerprint density at radius 3 is 2.13 bits per heavy atom. The maximum atomic E-state index is 13.6. The lowest BCUT2D eigenvalue weighted by atomic mass is 10.0. The molecule has 0 N–H and O–H groups in total. The van der Waals surface area contributed by atoms with Crippen molar-refractivity contribution in [3.05, 3.63) is 83.6 Å². The van der Waals surface area contributed by atoms with Gasteiger partial charge in [-0.25, -0.2) is 19.3 Å². The topological polar surface area (TPSA) is 86.5 Å². The van der Waals surface area contributed by atoms with Gasteiger partial charge >= 0.3 is 18.1 Å². The molecule has 2 aromatic heterocycles. The van der Waals surface area contributed by atoms with E-state index in [4.69, 9.17) is 9.47 Å². The molecule has 0 aliphatic heterocycles. The fourth-order valence-corrected chi connectivity index (χ4v) is 3.84. The van der Waals surface area contributed by atoms with E-state index in [1.54, 1.807) is 68.7 Å². The first kappa shape index (κ1) is 26.4. The van der Waals surface area contributed by atoms with Gasteiger partial charge in [-0.2, -0.15) is 18.3 Å². The van der Waals surface area contributed by atoms with Gasteiger partial charge in [-0.05, 0) is 30.3 Å². The van der Waals surface area contributed by atoms with Crippen LogP contribution in [0.5, 0.6) is 0 Å². The van der Waals surface area contributed by atoms with E-state index in [2.05, 4.69) is 10.1 Å². The van der Waals surface area contributed by atoms with Gasteiger partial charge in [0.05, 0.1) is 31.2 Å². The summed E-state index contributed by atoms with van der Waals surface area (Å²) in [5, 5.41) is 4.53. The summed E-state index contributed by atoms with van der Waals surface area (Å²) < 4.78 is 52.0. The first-order chi connectivity index (χ1) is 18.0. The Kier molecular flexibility index (Phi) is 7.20. The van der Waals surface area contributed by atoms with E-state index in [1.165, 1.54) is 23.8 Å². The van der Waals surface area contributed by atoms with Gasteiger partial charge in [0.15, 0.2) is 5.69 Å². The van der Waals surface area contributed by atoms with Crippen molar-refractivity contribution in [2.24, 2.45) is 0 Å². The average Bonchev–Trinajstić information content (AvgIpc) is 3.33. The molecule has 11 heteroatoms. The van der Waals surface area contributed by atoms with Crippen molar-refractivity contribution in [2.45, 2.75) is 6.18 Å². The number of carbonyl (C=O) groups excluding carboxylic acids is 2. The van der Waals surface area contributed by atoms with E-state index in [-0.39, 0.29) is 28.5 Å². The Morgan fingerprint density at radius 1 is 0.868 bits per heavy atom. The van der Waals surface area contributed by atoms with Crippen LogP contribution in [0.2, 0.25) is 0 Å². The Balaban J connectivity index is 1.96. The van der Waals surface area contributed by atoms with Crippen LogP contribution >= 0.6 is 0 Å². The number of ether oxygens (including phenoxy) is 2. The second-order valence-electron chi connectivity index (χ2n) is 8.37. The smallest absolute Gasteiger partial charge is 0.416 e. The van der Waals surface area contributed by atoms with E-state index >= 15 is 0 Å². The van der Waals surface area contributed by atoms with Crippen LogP contribution < -0.4 is 4.90 Å². The Labute approximate surface area is 216 Å². The number of hydrogen-bond acceptors (Lipinski definition) is 7. The van der Waals surface area contributed by atoms with E-state index in [0.717, 1.165) is 12.1 Å². The number of methoxy groups -OCH3 is 2. The first-order valence-corrected chi connectivity index (χ1v) is 11.3. The molecule has 0 aliphatic carbocycles. The summed E-state index contributed by atoms with van der Waals surface area (Å²) in [6.45, 7) is 0. The number of anilines is 1. The first-order valence-electron chi connectivity index (χ1n) is 11.3. The van der Waals surface area contributed by atoms with Crippen molar-refractivity contribution in [2.75, 3.05) is 33.2 Å². The number of benzene rings is 2. The lowest BCUT2D eigenvalue weighted by molar-refractivity contribution is -0.137. The number of aromatic nitrogens is 3. The van der Waals surface area contributed by atoms with Crippen LogP contribution in [0.1, 0.15) is 26.4 Å². The third-order valence-electron chi connectivity index (χ3n) is 5.68. The van der Waals surface area contributed by atoms with Crippen molar-refractivity contribution >= 4 is 17.8 Å². The highest BCUT2D eigenvalue weighted by molar-refractivity contribution is 6.07. The summed E-state index contributed by atoms with van der Waals surface area (Å²) in [5.41, 5.74) is 0.186. The van der Waals surface area contributed by atoms with Crippen LogP contribution in [-0.2, 0) is 15.7 Å². The highest BCUT2D eigenvalue weighted by atomic mass is 19.4. The Bertz CT molecular complexity index is 1500. The number of alkyl halides is 3. The number of rotatable bonds is 6. The lowest BCUT2D eigenvalue weighted by Crippen LogP contribution is -2.15. The predicted molar refractivity (Wildman–Crippen MR) is 134 cm³/mol. The van der Waals surface area contributed by atoms with Gasteiger partial charge in [0.1, 0.15) is 17.1 Å². The molecule has 0 bridgehead atoms. The van der Waals surface area contributed by atoms with Gasteiger partial charge in [-0.3, -0.25) is 0 Å². The number of esters is 2. The van der Waals surface area contributed by atoms with Crippen LogP contribution in [0.3, 0.4) is 0 Å². The van der Waals surface area contributed by atoms with Crippen molar-refractivity contribution in [3.8, 4) is 28.2 Å². The number of hydrogen-bond donors (Lipinski definition) is 0. The molecule has 196 valence electrons. The van der Waals surface area contributed by atoms with Crippen molar-refractivity contribution in [1.82, 2.24) is 14.8 Å². The van der Waals surface area contributed by atoms with E-state index in [0.29, 0.717) is 16.8 Å². The quantitative estimate of drug-likeness (QED) is 0.318. The zero-order valence-electron chi connectivity index (χ0n) is 20.9. The maximum absolute atomic E-state index is 13.6. The Morgan fingerprint density at radius 2 is 1.53 bits per heavy atom. The maximum Gasteiger partial charge on any atom is 0.416 e. The SMILES string of the molecule is COC(=O)c1c(-c2cccc(-c3cc(C(F)(F)F)cc(N(C)C)n3)c2)nn(-c2ccccc2)c1C(=O)OC. The molecule has 0 atom stereocenters. The van der Waals surface area contributed by atoms with Crippen molar-refractivity contribution < 1.29 is 32.2 Å². The number of nitrogens with zero attached hydrogens (tertiary/aromatic N) is 4. The third-order valence-corrected chi connectivity index (χ3v) is 5.68. The summed E-state index contributed by atoms with van der Waals surface area (Å²) in [5.74, 6) is -1.53. The van der Waals surface area contributed by atoms with E-state index < -0.39 is 23.7 Å². The zero-order valence-corrected chi connectivity index (χ0v) is 20.9. The molecule has 0 saturated carbocycles. The number of pyridine rings is 1. The van der Waals surface area contributed by atoms with E-state index in [1.807, 2.05) is 0 Å². The molecule has 38 heavy (non-hydrogen) atoms. The highest BCUT2D eigenvalue weighted by Crippen LogP contribution is 2.36. The van der Waals surface area contributed by atoms with Crippen molar-refractivity contribution in [1.29, 1.82) is 0 Å². The normalized spacial score (nSPS) is 11.2. The molecule has 0 aliphatic rings. The standard InChI is InChI=1S/C27H23F3N4O4/c1-33(2)21-15-18(27(28,29)30)14-20(31-21)16-9-8-10-17(13-16)23-22(25(35)37-3)24(26(36)38-4)34(32-23)19-11-6-5-7-12-19/h5-15H,1-4H3. The molecule has 0 saturated heterocycles. The van der Waals surface area contributed by atoms with Crippen molar-refractivity contribution in [3.63, 3.8) is 0 Å². The largest absolute Gasteiger partial charge is 0.465 e. The predicted octanol–water partition coefficient (Wildman–Crippen LogP) is 5.26. The molecule has 0 spiro atoms. The monoisotopic (exact) mass is 524 g/mol.